The summed E-state index contributed by atoms with van der Waals surface area (Å²) in [6.45, 7) is 4.56. The third kappa shape index (κ3) is 6.51. The maximum absolute atomic E-state index is 13.7. The van der Waals surface area contributed by atoms with Gasteiger partial charge in [0.05, 0.1) is 12.5 Å². The highest BCUT2D eigenvalue weighted by Gasteiger charge is 2.37. The molecule has 0 aromatic heterocycles. The lowest BCUT2D eigenvalue weighted by atomic mass is 9.82. The average Bonchev–Trinajstić information content (AvgIpc) is 2.87. The number of carbonyl (C=O) groups is 3. The molecule has 0 spiro atoms. The van der Waals surface area contributed by atoms with Crippen LogP contribution in [0.5, 0.6) is 0 Å². The molecular formula is C26H30Cl2N2O4. The molecule has 1 aliphatic rings. The molecule has 0 aliphatic carbocycles. The zero-order valence-corrected chi connectivity index (χ0v) is 20.9. The molecule has 3 rings (SSSR count). The van der Waals surface area contributed by atoms with Crippen molar-refractivity contribution in [2.45, 2.75) is 44.9 Å². The summed E-state index contributed by atoms with van der Waals surface area (Å²) in [6.07, 6.45) is 0.945. The molecule has 8 heteroatoms. The Labute approximate surface area is 210 Å². The fourth-order valence-corrected chi connectivity index (χ4v) is 4.94. The van der Waals surface area contributed by atoms with Gasteiger partial charge in [-0.05, 0) is 53.6 Å². The number of halogens is 2. The van der Waals surface area contributed by atoms with Gasteiger partial charge >= 0.3 is 5.97 Å². The van der Waals surface area contributed by atoms with Crippen LogP contribution in [-0.2, 0) is 14.4 Å². The molecule has 2 aromatic carbocycles. The van der Waals surface area contributed by atoms with Crippen LogP contribution in [-0.4, -0.2) is 47.4 Å². The predicted molar refractivity (Wildman–Crippen MR) is 133 cm³/mol. The zero-order chi connectivity index (χ0) is 24.8. The van der Waals surface area contributed by atoms with E-state index in [1.54, 1.807) is 11.0 Å². The second-order valence-electron chi connectivity index (χ2n) is 9.10. The number of rotatable bonds is 9. The van der Waals surface area contributed by atoms with Crippen LogP contribution in [0.2, 0.25) is 10.0 Å². The summed E-state index contributed by atoms with van der Waals surface area (Å²) in [7, 11) is 0. The van der Waals surface area contributed by atoms with E-state index in [1.165, 1.54) is 0 Å². The topological polar surface area (TPSA) is 86.7 Å². The molecule has 1 heterocycles. The van der Waals surface area contributed by atoms with Gasteiger partial charge in [0.15, 0.2) is 0 Å². The van der Waals surface area contributed by atoms with E-state index in [0.29, 0.717) is 22.9 Å². The second kappa shape index (κ2) is 11.7. The fraction of sp³-hybridized carbons (Fsp3) is 0.423. The largest absolute Gasteiger partial charge is 0.481 e. The van der Waals surface area contributed by atoms with Gasteiger partial charge in [0, 0.05) is 35.5 Å². The molecule has 0 bridgehead atoms. The van der Waals surface area contributed by atoms with Crippen molar-refractivity contribution in [3.05, 3.63) is 69.2 Å². The highest BCUT2D eigenvalue weighted by atomic mass is 35.5. The number of carbonyl (C=O) groups excluding carboxylic acids is 2. The number of nitrogens with zero attached hydrogens (tertiary/aromatic N) is 1. The first kappa shape index (κ1) is 26.0. The van der Waals surface area contributed by atoms with E-state index >= 15 is 0 Å². The minimum absolute atomic E-state index is 0.0238. The summed E-state index contributed by atoms with van der Waals surface area (Å²) >= 11 is 13.0. The summed E-state index contributed by atoms with van der Waals surface area (Å²) < 4.78 is 0. The van der Waals surface area contributed by atoms with Gasteiger partial charge in [-0.15, -0.1) is 0 Å². The number of amides is 2. The van der Waals surface area contributed by atoms with E-state index in [4.69, 9.17) is 28.3 Å². The third-order valence-electron chi connectivity index (χ3n) is 6.02. The Morgan fingerprint density at radius 1 is 1.12 bits per heavy atom. The van der Waals surface area contributed by atoms with Crippen molar-refractivity contribution in [1.82, 2.24) is 10.2 Å². The number of carboxylic acids is 1. The van der Waals surface area contributed by atoms with Crippen molar-refractivity contribution in [3.8, 4) is 0 Å². The van der Waals surface area contributed by atoms with Crippen LogP contribution in [0.4, 0.5) is 0 Å². The molecule has 2 atom stereocenters. The Kier molecular flexibility index (Phi) is 8.97. The van der Waals surface area contributed by atoms with Crippen LogP contribution in [0.1, 0.15) is 61.6 Å². The van der Waals surface area contributed by atoms with E-state index in [9.17, 15) is 14.4 Å². The lowest BCUT2D eigenvalue weighted by Crippen LogP contribution is -2.43. The normalized spacial score (nSPS) is 17.9. The minimum atomic E-state index is -0.910. The Balaban J connectivity index is 1.97. The molecule has 2 unspecified atom stereocenters. The molecule has 0 saturated heterocycles. The van der Waals surface area contributed by atoms with Crippen LogP contribution in [0, 0.1) is 5.92 Å². The van der Waals surface area contributed by atoms with Gasteiger partial charge in [0.1, 0.15) is 0 Å². The number of nitrogens with one attached hydrogen (secondary N) is 1. The number of fused-ring (bicyclic) bond motifs is 1. The van der Waals surface area contributed by atoms with Gasteiger partial charge < -0.3 is 15.3 Å². The first-order valence-electron chi connectivity index (χ1n) is 11.5. The SMILES string of the molecule is CC(C)CC1C(=O)N(CC(=O)NCCCC(=O)O)CC(c2ccccc2Cl)c2cc(Cl)ccc21. The van der Waals surface area contributed by atoms with Gasteiger partial charge in [-0.25, -0.2) is 0 Å². The summed E-state index contributed by atoms with van der Waals surface area (Å²) in [4.78, 5) is 38.7. The highest BCUT2D eigenvalue weighted by Crippen LogP contribution is 2.41. The Morgan fingerprint density at radius 2 is 1.85 bits per heavy atom. The van der Waals surface area contributed by atoms with E-state index in [-0.39, 0.29) is 49.7 Å². The number of aliphatic carboxylic acids is 1. The summed E-state index contributed by atoms with van der Waals surface area (Å²) in [6, 6.07) is 13.1. The van der Waals surface area contributed by atoms with Gasteiger partial charge in [0.2, 0.25) is 11.8 Å². The smallest absolute Gasteiger partial charge is 0.303 e. The van der Waals surface area contributed by atoms with Crippen molar-refractivity contribution in [2.24, 2.45) is 5.92 Å². The van der Waals surface area contributed by atoms with Crippen LogP contribution in [0.15, 0.2) is 42.5 Å². The Morgan fingerprint density at radius 3 is 2.53 bits per heavy atom. The number of benzene rings is 2. The van der Waals surface area contributed by atoms with E-state index in [1.807, 2.05) is 36.4 Å². The lowest BCUT2D eigenvalue weighted by Gasteiger charge is -2.27. The zero-order valence-electron chi connectivity index (χ0n) is 19.4. The maximum Gasteiger partial charge on any atom is 0.303 e. The van der Waals surface area contributed by atoms with E-state index < -0.39 is 11.9 Å². The molecule has 2 aromatic rings. The fourth-order valence-electron chi connectivity index (χ4n) is 4.49. The van der Waals surface area contributed by atoms with Gasteiger partial charge in [-0.2, -0.15) is 0 Å². The minimum Gasteiger partial charge on any atom is -0.481 e. The molecule has 1 aliphatic heterocycles. The van der Waals surface area contributed by atoms with Crippen LogP contribution in [0.25, 0.3) is 0 Å². The van der Waals surface area contributed by atoms with E-state index in [0.717, 1.165) is 16.7 Å². The van der Waals surface area contributed by atoms with Crippen molar-refractivity contribution < 1.29 is 19.5 Å². The number of carboxylic acid groups (broad SMARTS) is 1. The van der Waals surface area contributed by atoms with Crippen LogP contribution < -0.4 is 5.32 Å². The Hall–Kier alpha value is -2.57. The third-order valence-corrected chi connectivity index (χ3v) is 6.60. The summed E-state index contributed by atoms with van der Waals surface area (Å²) in [5.74, 6) is -1.71. The van der Waals surface area contributed by atoms with Crippen LogP contribution in [0.3, 0.4) is 0 Å². The van der Waals surface area contributed by atoms with Gasteiger partial charge in [-0.1, -0.05) is 61.3 Å². The monoisotopic (exact) mass is 504 g/mol. The molecule has 0 fully saturated rings. The Bertz CT molecular complexity index is 1060. The molecule has 0 saturated carbocycles. The van der Waals surface area contributed by atoms with Crippen LogP contribution >= 0.6 is 23.2 Å². The highest BCUT2D eigenvalue weighted by molar-refractivity contribution is 6.31. The molecule has 182 valence electrons. The second-order valence-corrected chi connectivity index (χ2v) is 9.94. The molecule has 2 N–H and O–H groups in total. The average molecular weight is 505 g/mol. The predicted octanol–water partition coefficient (Wildman–Crippen LogP) is 5.08. The molecule has 2 amide bonds. The van der Waals surface area contributed by atoms with E-state index in [2.05, 4.69) is 19.2 Å². The number of hydrogen-bond donors (Lipinski definition) is 2. The number of hydrogen-bond acceptors (Lipinski definition) is 3. The summed E-state index contributed by atoms with van der Waals surface area (Å²) in [5, 5.41) is 12.7. The van der Waals surface area contributed by atoms with Crippen molar-refractivity contribution >= 4 is 41.0 Å². The molecule has 34 heavy (non-hydrogen) atoms. The summed E-state index contributed by atoms with van der Waals surface area (Å²) in [5.41, 5.74) is 2.74. The van der Waals surface area contributed by atoms with Gasteiger partial charge in [0.25, 0.3) is 0 Å². The van der Waals surface area contributed by atoms with Gasteiger partial charge in [-0.3, -0.25) is 14.4 Å². The molecule has 0 radical (unpaired) electrons. The van der Waals surface area contributed by atoms with Crippen molar-refractivity contribution in [1.29, 1.82) is 0 Å². The van der Waals surface area contributed by atoms with Crippen molar-refractivity contribution in [2.75, 3.05) is 19.6 Å². The molecular weight excluding hydrogens is 475 g/mol. The first-order chi connectivity index (χ1) is 16.2. The quantitative estimate of drug-likeness (QED) is 0.466. The van der Waals surface area contributed by atoms with Crippen molar-refractivity contribution in [3.63, 3.8) is 0 Å². The lowest BCUT2D eigenvalue weighted by molar-refractivity contribution is -0.137. The maximum atomic E-state index is 13.7. The molecule has 6 nitrogen and oxygen atoms in total. The standard InChI is InChI=1S/C26H30Cl2N2O4/c1-16(2)12-21-18-10-9-17(27)13-20(18)22(19-6-3-4-7-23(19)28)14-30(26(21)34)15-24(31)29-11-5-8-25(32)33/h3-4,6-7,9-10,13,16,21-22H,5,8,11-12,14-15H2,1-2H3,(H,29,31)(H,32,33). The first-order valence-corrected chi connectivity index (χ1v) is 12.2.